The predicted molar refractivity (Wildman–Crippen MR) is 53.7 cm³/mol. The van der Waals surface area contributed by atoms with E-state index in [0.29, 0.717) is 0 Å². The van der Waals surface area contributed by atoms with Crippen LogP contribution < -0.4 is 0 Å². The van der Waals surface area contributed by atoms with Gasteiger partial charge in [0, 0.05) is 12.5 Å². The number of aliphatic hydroxyl groups excluding tert-OH is 1. The van der Waals surface area contributed by atoms with Gasteiger partial charge in [0.05, 0.1) is 5.92 Å². The van der Waals surface area contributed by atoms with Gasteiger partial charge in [-0.05, 0) is 26.2 Å². The maximum atomic E-state index is 11.7. The van der Waals surface area contributed by atoms with E-state index >= 15 is 0 Å². The van der Waals surface area contributed by atoms with Crippen molar-refractivity contribution >= 4 is 5.97 Å². The summed E-state index contributed by atoms with van der Waals surface area (Å²) >= 11 is 0. The molecule has 14 heavy (non-hydrogen) atoms. The highest BCUT2D eigenvalue weighted by atomic mass is 16.6. The minimum atomic E-state index is -0.435. The van der Waals surface area contributed by atoms with Gasteiger partial charge in [-0.2, -0.15) is 0 Å². The highest BCUT2D eigenvalue weighted by molar-refractivity contribution is 5.78. The Kier molecular flexibility index (Phi) is 2.65. The molecule has 1 rings (SSSR count). The second-order valence-corrected chi connectivity index (χ2v) is 5.62. The topological polar surface area (TPSA) is 46.5 Å². The van der Waals surface area contributed by atoms with Crippen molar-refractivity contribution < 1.29 is 14.6 Å². The molecule has 0 saturated heterocycles. The summed E-state index contributed by atoms with van der Waals surface area (Å²) in [6.07, 6.45) is 0. The van der Waals surface area contributed by atoms with Gasteiger partial charge < -0.3 is 9.84 Å². The summed E-state index contributed by atoms with van der Waals surface area (Å²) in [5.41, 5.74) is -0.535. The van der Waals surface area contributed by atoms with Gasteiger partial charge in [0.2, 0.25) is 0 Å². The number of hydrogen-bond donors (Lipinski definition) is 1. The average molecular weight is 200 g/mol. The number of carbonyl (C=O) groups is 1. The summed E-state index contributed by atoms with van der Waals surface area (Å²) in [4.78, 5) is 11.7. The number of aliphatic hydroxyl groups is 1. The molecule has 0 unspecified atom stereocenters. The average Bonchev–Trinajstić information content (AvgIpc) is 2.48. The summed E-state index contributed by atoms with van der Waals surface area (Å²) in [5.74, 6) is -0.245. The van der Waals surface area contributed by atoms with Crippen molar-refractivity contribution in [3.63, 3.8) is 0 Å². The Bertz CT molecular complexity index is 237. The third-order valence-corrected chi connectivity index (χ3v) is 2.91. The van der Waals surface area contributed by atoms with Gasteiger partial charge in [0.1, 0.15) is 5.60 Å². The molecule has 0 heterocycles. The van der Waals surface area contributed by atoms with E-state index in [1.54, 1.807) is 0 Å². The van der Waals surface area contributed by atoms with E-state index in [2.05, 4.69) is 0 Å². The highest BCUT2D eigenvalue weighted by Gasteiger charge is 2.62. The molecule has 0 spiro atoms. The van der Waals surface area contributed by atoms with Crippen LogP contribution in [0.15, 0.2) is 0 Å². The van der Waals surface area contributed by atoms with Crippen LogP contribution in [-0.4, -0.2) is 23.3 Å². The zero-order valence-corrected chi connectivity index (χ0v) is 9.63. The number of ether oxygens (including phenoxy) is 1. The first-order chi connectivity index (χ1) is 6.20. The van der Waals surface area contributed by atoms with Crippen LogP contribution in [0.1, 0.15) is 34.6 Å². The molecule has 0 aromatic carbocycles. The standard InChI is InChI=1S/C11H20O3/c1-10(2,3)14-9(13)8-7(6-12)11(8,4)5/h7-8,12H,6H2,1-5H3/t7-,8+/m1/s1. The van der Waals surface area contributed by atoms with Crippen LogP contribution in [0.3, 0.4) is 0 Å². The van der Waals surface area contributed by atoms with E-state index in [-0.39, 0.29) is 29.8 Å². The van der Waals surface area contributed by atoms with E-state index in [1.807, 2.05) is 34.6 Å². The van der Waals surface area contributed by atoms with Crippen molar-refractivity contribution in [1.82, 2.24) is 0 Å². The first-order valence-electron chi connectivity index (χ1n) is 5.04. The van der Waals surface area contributed by atoms with Gasteiger partial charge in [-0.25, -0.2) is 0 Å². The zero-order valence-electron chi connectivity index (χ0n) is 9.63. The van der Waals surface area contributed by atoms with Gasteiger partial charge in [-0.1, -0.05) is 13.8 Å². The quantitative estimate of drug-likeness (QED) is 0.689. The number of carbonyl (C=O) groups excluding carboxylic acids is 1. The molecule has 0 aromatic rings. The summed E-state index contributed by atoms with van der Waals surface area (Å²) in [6, 6.07) is 0. The highest BCUT2D eigenvalue weighted by Crippen LogP contribution is 2.58. The Hall–Kier alpha value is -0.570. The summed E-state index contributed by atoms with van der Waals surface area (Å²) in [5, 5.41) is 9.05. The van der Waals surface area contributed by atoms with Crippen LogP contribution in [-0.2, 0) is 9.53 Å². The van der Waals surface area contributed by atoms with Crippen LogP contribution in [0.2, 0.25) is 0 Å². The Morgan fingerprint density at radius 1 is 1.43 bits per heavy atom. The largest absolute Gasteiger partial charge is 0.460 e. The molecule has 2 atom stereocenters. The number of esters is 1. The Labute approximate surface area is 85.5 Å². The minimum Gasteiger partial charge on any atom is -0.460 e. The predicted octanol–water partition coefficient (Wildman–Crippen LogP) is 1.59. The van der Waals surface area contributed by atoms with Crippen molar-refractivity contribution in [1.29, 1.82) is 0 Å². The van der Waals surface area contributed by atoms with Crippen LogP contribution in [0.4, 0.5) is 0 Å². The fraction of sp³-hybridized carbons (Fsp3) is 0.909. The van der Waals surface area contributed by atoms with Gasteiger partial charge in [-0.15, -0.1) is 0 Å². The second kappa shape index (κ2) is 3.23. The third kappa shape index (κ3) is 2.08. The fourth-order valence-electron chi connectivity index (χ4n) is 1.92. The first kappa shape index (κ1) is 11.5. The minimum absolute atomic E-state index is 0.0664. The van der Waals surface area contributed by atoms with E-state index in [9.17, 15) is 4.79 Å². The molecule has 0 aliphatic heterocycles. The molecule has 1 aliphatic rings. The van der Waals surface area contributed by atoms with Crippen molar-refractivity contribution in [3.8, 4) is 0 Å². The van der Waals surface area contributed by atoms with Gasteiger partial charge in [0.15, 0.2) is 0 Å². The van der Waals surface area contributed by atoms with Crippen LogP contribution in [0.5, 0.6) is 0 Å². The van der Waals surface area contributed by atoms with Crippen LogP contribution in [0, 0.1) is 17.3 Å². The lowest BCUT2D eigenvalue weighted by molar-refractivity contribution is -0.157. The molecule has 3 nitrogen and oxygen atoms in total. The van der Waals surface area contributed by atoms with Gasteiger partial charge in [-0.3, -0.25) is 4.79 Å². The normalized spacial score (nSPS) is 29.9. The molecular weight excluding hydrogens is 180 g/mol. The molecule has 1 N–H and O–H groups in total. The smallest absolute Gasteiger partial charge is 0.310 e. The van der Waals surface area contributed by atoms with Crippen molar-refractivity contribution in [3.05, 3.63) is 0 Å². The maximum Gasteiger partial charge on any atom is 0.310 e. The fourth-order valence-corrected chi connectivity index (χ4v) is 1.92. The van der Waals surface area contributed by atoms with Crippen LogP contribution in [0.25, 0.3) is 0 Å². The summed E-state index contributed by atoms with van der Waals surface area (Å²) in [6.45, 7) is 9.61. The zero-order chi connectivity index (χ0) is 11.1. The first-order valence-corrected chi connectivity index (χ1v) is 5.04. The lowest BCUT2D eigenvalue weighted by atomic mass is 10.1. The number of rotatable bonds is 2. The van der Waals surface area contributed by atoms with Gasteiger partial charge in [0.25, 0.3) is 0 Å². The van der Waals surface area contributed by atoms with E-state index in [1.165, 1.54) is 0 Å². The molecule has 0 aromatic heterocycles. The maximum absolute atomic E-state index is 11.7. The lowest BCUT2D eigenvalue weighted by Crippen LogP contribution is -2.26. The molecule has 0 bridgehead atoms. The lowest BCUT2D eigenvalue weighted by Gasteiger charge is -2.20. The van der Waals surface area contributed by atoms with E-state index in [0.717, 1.165) is 0 Å². The Morgan fingerprint density at radius 3 is 2.21 bits per heavy atom. The molecule has 1 aliphatic carbocycles. The Balaban J connectivity index is 2.57. The SMILES string of the molecule is CC(C)(C)OC(=O)[C@@H]1[C@@H](CO)C1(C)C. The third-order valence-electron chi connectivity index (χ3n) is 2.91. The van der Waals surface area contributed by atoms with E-state index < -0.39 is 5.60 Å². The monoisotopic (exact) mass is 200 g/mol. The molecule has 3 heteroatoms. The van der Waals surface area contributed by atoms with Crippen LogP contribution >= 0.6 is 0 Å². The summed E-state index contributed by atoms with van der Waals surface area (Å²) in [7, 11) is 0. The molecule has 1 saturated carbocycles. The van der Waals surface area contributed by atoms with E-state index in [4.69, 9.17) is 9.84 Å². The van der Waals surface area contributed by atoms with Crippen molar-refractivity contribution in [2.24, 2.45) is 17.3 Å². The molecule has 0 amide bonds. The molecular formula is C11H20O3. The van der Waals surface area contributed by atoms with Crippen molar-refractivity contribution in [2.45, 2.75) is 40.2 Å². The Morgan fingerprint density at radius 2 is 1.93 bits per heavy atom. The van der Waals surface area contributed by atoms with Crippen molar-refractivity contribution in [2.75, 3.05) is 6.61 Å². The molecule has 0 radical (unpaired) electrons. The molecule has 82 valence electrons. The van der Waals surface area contributed by atoms with Gasteiger partial charge >= 0.3 is 5.97 Å². The summed E-state index contributed by atoms with van der Waals surface area (Å²) < 4.78 is 5.28. The molecule has 1 fully saturated rings. The second-order valence-electron chi connectivity index (χ2n) is 5.62. The number of hydrogen-bond acceptors (Lipinski definition) is 3.